The molecule has 0 aliphatic heterocycles. The van der Waals surface area contributed by atoms with Crippen LogP contribution < -0.4 is 0 Å². The Morgan fingerprint density at radius 1 is 0.545 bits per heavy atom. The number of carbonyl (C=O) groups excluding carboxylic acids is 1. The maximum atomic E-state index is 11.7. The summed E-state index contributed by atoms with van der Waals surface area (Å²) in [5.41, 5.74) is 0. The lowest BCUT2D eigenvalue weighted by Crippen LogP contribution is -2.15. The van der Waals surface area contributed by atoms with Gasteiger partial charge in [0.05, 0.1) is 33.0 Å². The highest BCUT2D eigenvalue weighted by Gasteiger charge is 2.03. The van der Waals surface area contributed by atoms with E-state index in [2.05, 4.69) is 6.92 Å². The van der Waals surface area contributed by atoms with Crippen molar-refractivity contribution >= 4 is 11.9 Å². The smallest absolute Gasteiger partial charge is 0.329 e. The van der Waals surface area contributed by atoms with Crippen LogP contribution in [0.5, 0.6) is 0 Å². The summed E-state index contributed by atoms with van der Waals surface area (Å²) in [6.07, 6.45) is 20.2. The zero-order chi connectivity index (χ0) is 24.2. The molecule has 0 saturated heterocycles. The van der Waals surface area contributed by atoms with Gasteiger partial charge in [-0.2, -0.15) is 0 Å². The first kappa shape index (κ1) is 31.8. The van der Waals surface area contributed by atoms with Gasteiger partial charge in [0.2, 0.25) is 0 Å². The average Bonchev–Trinajstić information content (AvgIpc) is 2.79. The van der Waals surface area contributed by atoms with Crippen molar-refractivity contribution in [3.63, 3.8) is 0 Å². The summed E-state index contributed by atoms with van der Waals surface area (Å²) >= 11 is 0. The van der Waals surface area contributed by atoms with Gasteiger partial charge in [0.15, 0.2) is 0 Å². The van der Waals surface area contributed by atoms with Gasteiger partial charge in [-0.25, -0.2) is 4.79 Å². The first-order valence-corrected chi connectivity index (χ1v) is 13.3. The summed E-state index contributed by atoms with van der Waals surface area (Å²) in [6.45, 7) is 3.92. The number of aliphatic carboxylic acids is 1. The molecule has 0 aromatic carbocycles. The molecule has 0 aromatic heterocycles. The molecule has 0 spiro atoms. The molecule has 0 unspecified atom stereocenters. The van der Waals surface area contributed by atoms with Gasteiger partial charge in [-0.3, -0.25) is 4.79 Å². The normalized spacial score (nSPS) is 11.1. The van der Waals surface area contributed by atoms with Crippen LogP contribution in [0.3, 0.4) is 0 Å². The van der Waals surface area contributed by atoms with E-state index >= 15 is 0 Å². The van der Waals surface area contributed by atoms with E-state index in [-0.39, 0.29) is 25.8 Å². The number of hydrogen-bond acceptors (Lipinski definition) is 6. The van der Waals surface area contributed by atoms with Crippen molar-refractivity contribution in [3.8, 4) is 0 Å². The third-order valence-corrected chi connectivity index (χ3v) is 5.44. The molecule has 0 aliphatic rings. The van der Waals surface area contributed by atoms with Crippen LogP contribution >= 0.6 is 0 Å². The standard InChI is InChI=1S/C26H50O7/c1-2-3-4-5-6-7-8-9-10-11-12-13-14-15-16-17-26(29)33-23-22-31-19-18-30-20-21-32-24-25(27)28/h2-24H2,1H3,(H,27,28). The highest BCUT2D eigenvalue weighted by atomic mass is 16.6. The van der Waals surface area contributed by atoms with Crippen molar-refractivity contribution in [2.24, 2.45) is 0 Å². The number of rotatable bonds is 27. The van der Waals surface area contributed by atoms with E-state index in [1.54, 1.807) is 0 Å². The molecule has 7 heteroatoms. The summed E-state index contributed by atoms with van der Waals surface area (Å²) < 4.78 is 20.6. The lowest BCUT2D eigenvalue weighted by atomic mass is 10.0. The zero-order valence-corrected chi connectivity index (χ0v) is 21.2. The minimum absolute atomic E-state index is 0.153. The van der Waals surface area contributed by atoms with Crippen LogP contribution in [-0.4, -0.2) is 63.3 Å². The monoisotopic (exact) mass is 474 g/mol. The predicted octanol–water partition coefficient (Wildman–Crippen LogP) is 5.93. The van der Waals surface area contributed by atoms with Gasteiger partial charge in [0.25, 0.3) is 0 Å². The summed E-state index contributed by atoms with van der Waals surface area (Å²) in [5, 5.41) is 8.40. The Morgan fingerprint density at radius 2 is 0.939 bits per heavy atom. The van der Waals surface area contributed by atoms with Crippen molar-refractivity contribution in [2.75, 3.05) is 46.2 Å². The Labute approximate surface area is 201 Å². The quantitative estimate of drug-likeness (QED) is 0.117. The highest BCUT2D eigenvalue weighted by Crippen LogP contribution is 2.13. The van der Waals surface area contributed by atoms with Crippen LogP contribution in [-0.2, 0) is 28.5 Å². The molecule has 0 heterocycles. The number of carboxylic acid groups (broad SMARTS) is 1. The largest absolute Gasteiger partial charge is 0.480 e. The molecule has 0 rings (SSSR count). The molecule has 1 N–H and O–H groups in total. The van der Waals surface area contributed by atoms with Crippen LogP contribution in [0.1, 0.15) is 110 Å². The number of ether oxygens (including phenoxy) is 4. The van der Waals surface area contributed by atoms with Crippen LogP contribution in [0, 0.1) is 0 Å². The summed E-state index contributed by atoms with van der Waals surface area (Å²) in [5.74, 6) is -1.15. The second kappa shape index (κ2) is 27.1. The average molecular weight is 475 g/mol. The SMILES string of the molecule is CCCCCCCCCCCCCCCCCC(=O)OCCOCCOCCOCC(=O)O. The van der Waals surface area contributed by atoms with E-state index in [1.165, 1.54) is 83.5 Å². The topological polar surface area (TPSA) is 91.3 Å². The fourth-order valence-corrected chi connectivity index (χ4v) is 3.53. The predicted molar refractivity (Wildman–Crippen MR) is 131 cm³/mol. The molecule has 196 valence electrons. The van der Waals surface area contributed by atoms with Gasteiger partial charge in [-0.1, -0.05) is 96.8 Å². The van der Waals surface area contributed by atoms with Crippen LogP contribution in [0.15, 0.2) is 0 Å². The van der Waals surface area contributed by atoms with Crippen molar-refractivity contribution < 1.29 is 33.6 Å². The lowest BCUT2D eigenvalue weighted by Gasteiger charge is -2.07. The zero-order valence-electron chi connectivity index (χ0n) is 21.2. The fourth-order valence-electron chi connectivity index (χ4n) is 3.53. The number of unbranched alkanes of at least 4 members (excludes halogenated alkanes) is 14. The number of carboxylic acids is 1. The molecule has 0 bridgehead atoms. The van der Waals surface area contributed by atoms with E-state index in [9.17, 15) is 9.59 Å². The molecule has 33 heavy (non-hydrogen) atoms. The van der Waals surface area contributed by atoms with Crippen molar-refractivity contribution in [1.82, 2.24) is 0 Å². The first-order chi connectivity index (χ1) is 16.2. The fraction of sp³-hybridized carbons (Fsp3) is 0.923. The number of esters is 1. The van der Waals surface area contributed by atoms with Crippen LogP contribution in [0.25, 0.3) is 0 Å². The van der Waals surface area contributed by atoms with E-state index in [0.29, 0.717) is 32.8 Å². The van der Waals surface area contributed by atoms with Crippen molar-refractivity contribution in [3.05, 3.63) is 0 Å². The third kappa shape index (κ3) is 28.8. The molecule has 0 aromatic rings. The lowest BCUT2D eigenvalue weighted by molar-refractivity contribution is -0.145. The molecule has 0 radical (unpaired) electrons. The Kier molecular flexibility index (Phi) is 26.1. The Morgan fingerprint density at radius 3 is 1.39 bits per heavy atom. The number of hydrogen-bond donors (Lipinski definition) is 1. The molecular weight excluding hydrogens is 424 g/mol. The first-order valence-electron chi connectivity index (χ1n) is 13.3. The van der Waals surface area contributed by atoms with Crippen molar-refractivity contribution in [1.29, 1.82) is 0 Å². The second-order valence-corrected chi connectivity index (χ2v) is 8.59. The molecule has 0 aliphatic carbocycles. The molecule has 0 amide bonds. The van der Waals surface area contributed by atoms with Gasteiger partial charge >= 0.3 is 11.9 Å². The van der Waals surface area contributed by atoms with E-state index in [4.69, 9.17) is 24.1 Å². The summed E-state index contributed by atoms with van der Waals surface area (Å²) in [7, 11) is 0. The van der Waals surface area contributed by atoms with E-state index < -0.39 is 5.97 Å². The number of carbonyl (C=O) groups is 2. The van der Waals surface area contributed by atoms with Crippen LogP contribution in [0.2, 0.25) is 0 Å². The summed E-state index contributed by atoms with van der Waals surface area (Å²) in [6, 6.07) is 0. The van der Waals surface area contributed by atoms with E-state index in [0.717, 1.165) is 12.8 Å². The molecule has 0 fully saturated rings. The maximum Gasteiger partial charge on any atom is 0.329 e. The second-order valence-electron chi connectivity index (χ2n) is 8.59. The molecular formula is C26H50O7. The van der Waals surface area contributed by atoms with Gasteiger partial charge in [0, 0.05) is 6.42 Å². The summed E-state index contributed by atoms with van der Waals surface area (Å²) in [4.78, 5) is 21.9. The Bertz CT molecular complexity index is 429. The van der Waals surface area contributed by atoms with E-state index in [1.807, 2.05) is 0 Å². The van der Waals surface area contributed by atoms with Crippen LogP contribution in [0.4, 0.5) is 0 Å². The Hall–Kier alpha value is -1.18. The van der Waals surface area contributed by atoms with Crippen molar-refractivity contribution in [2.45, 2.75) is 110 Å². The minimum Gasteiger partial charge on any atom is -0.480 e. The third-order valence-electron chi connectivity index (χ3n) is 5.44. The molecule has 0 atom stereocenters. The van der Waals surface area contributed by atoms with Gasteiger partial charge < -0.3 is 24.1 Å². The maximum absolute atomic E-state index is 11.7. The molecule has 0 saturated carbocycles. The Balaban J connectivity index is 3.15. The van der Waals surface area contributed by atoms with Gasteiger partial charge in [-0.05, 0) is 6.42 Å². The van der Waals surface area contributed by atoms with Gasteiger partial charge in [0.1, 0.15) is 13.2 Å². The van der Waals surface area contributed by atoms with Gasteiger partial charge in [-0.15, -0.1) is 0 Å². The molecule has 7 nitrogen and oxygen atoms in total. The minimum atomic E-state index is -0.993. The highest BCUT2D eigenvalue weighted by molar-refractivity contribution is 5.69.